The number of nitrogens with zero attached hydrogens (tertiary/aromatic N) is 2. The molecule has 0 fully saturated rings. The van der Waals surface area contributed by atoms with E-state index in [1.54, 1.807) is 32.0 Å². The fourth-order valence-electron chi connectivity index (χ4n) is 3.51. The third-order valence-corrected chi connectivity index (χ3v) is 6.73. The Balaban J connectivity index is 2.41. The number of nitrogens with one attached hydrogen (secondary N) is 1. The monoisotopic (exact) mass is 491 g/mol. The van der Waals surface area contributed by atoms with E-state index in [4.69, 9.17) is 0 Å². The van der Waals surface area contributed by atoms with E-state index in [0.29, 0.717) is 17.8 Å². The first kappa shape index (κ1) is 27.3. The molecular formula is C25H34FN3O4S. The van der Waals surface area contributed by atoms with Gasteiger partial charge in [-0.3, -0.25) is 13.9 Å². The Morgan fingerprint density at radius 3 is 2.41 bits per heavy atom. The Hall–Kier alpha value is -2.94. The zero-order chi connectivity index (χ0) is 25.5. The molecule has 0 saturated carbocycles. The molecule has 2 aromatic rings. The van der Waals surface area contributed by atoms with Crippen molar-refractivity contribution in [2.24, 2.45) is 0 Å². The smallest absolute Gasteiger partial charge is 0.244 e. The molecule has 9 heteroatoms. The second-order valence-corrected chi connectivity index (χ2v) is 10.4. The second kappa shape index (κ2) is 12.0. The molecule has 7 nitrogen and oxygen atoms in total. The average Bonchev–Trinajstić information content (AvgIpc) is 2.77. The van der Waals surface area contributed by atoms with Gasteiger partial charge in [-0.1, -0.05) is 43.7 Å². The summed E-state index contributed by atoms with van der Waals surface area (Å²) in [5, 5.41) is 2.79. The highest BCUT2D eigenvalue weighted by atomic mass is 32.2. The Bertz CT molecular complexity index is 1120. The number of unbranched alkanes of at least 4 members (excludes halogenated alkanes) is 1. The highest BCUT2D eigenvalue weighted by molar-refractivity contribution is 7.92. The molecule has 0 aliphatic heterocycles. The lowest BCUT2D eigenvalue weighted by atomic mass is 10.1. The number of carbonyl (C=O) groups excluding carboxylic acids is 2. The van der Waals surface area contributed by atoms with Gasteiger partial charge in [-0.2, -0.15) is 0 Å². The van der Waals surface area contributed by atoms with E-state index >= 15 is 0 Å². The lowest BCUT2D eigenvalue weighted by molar-refractivity contribution is -0.139. The van der Waals surface area contributed by atoms with Crippen LogP contribution in [0.3, 0.4) is 0 Å². The molecule has 0 radical (unpaired) electrons. The van der Waals surface area contributed by atoms with Crippen LogP contribution in [0.5, 0.6) is 0 Å². The highest BCUT2D eigenvalue weighted by Gasteiger charge is 2.31. The van der Waals surface area contributed by atoms with Crippen LogP contribution >= 0.6 is 0 Å². The highest BCUT2D eigenvalue weighted by Crippen LogP contribution is 2.24. The van der Waals surface area contributed by atoms with Gasteiger partial charge < -0.3 is 10.2 Å². The second-order valence-electron chi connectivity index (χ2n) is 8.49. The van der Waals surface area contributed by atoms with Gasteiger partial charge in [0.15, 0.2) is 0 Å². The van der Waals surface area contributed by atoms with Crippen LogP contribution < -0.4 is 9.62 Å². The summed E-state index contributed by atoms with van der Waals surface area (Å²) < 4.78 is 40.8. The third kappa shape index (κ3) is 7.28. The Morgan fingerprint density at radius 1 is 1.12 bits per heavy atom. The molecule has 1 atom stereocenters. The number of halogens is 1. The number of aryl methyl sites for hydroxylation is 2. The lowest BCUT2D eigenvalue weighted by Gasteiger charge is -2.32. The summed E-state index contributed by atoms with van der Waals surface area (Å²) >= 11 is 0. The van der Waals surface area contributed by atoms with Crippen molar-refractivity contribution in [2.75, 3.05) is 23.7 Å². The van der Waals surface area contributed by atoms with Crippen LogP contribution in [0.2, 0.25) is 0 Å². The predicted molar refractivity (Wildman–Crippen MR) is 132 cm³/mol. The van der Waals surface area contributed by atoms with E-state index in [-0.39, 0.29) is 18.0 Å². The van der Waals surface area contributed by atoms with E-state index in [2.05, 4.69) is 5.32 Å². The van der Waals surface area contributed by atoms with Gasteiger partial charge in [-0.25, -0.2) is 12.8 Å². The average molecular weight is 492 g/mol. The van der Waals surface area contributed by atoms with Crippen molar-refractivity contribution in [3.8, 4) is 0 Å². The van der Waals surface area contributed by atoms with Gasteiger partial charge in [-0.15, -0.1) is 0 Å². The van der Waals surface area contributed by atoms with Crippen LogP contribution in [0.1, 0.15) is 43.4 Å². The number of rotatable bonds is 11. The molecule has 0 spiro atoms. The molecule has 2 rings (SSSR count). The van der Waals surface area contributed by atoms with Gasteiger partial charge in [0, 0.05) is 18.7 Å². The molecule has 186 valence electrons. The first-order valence-electron chi connectivity index (χ1n) is 11.3. The molecule has 34 heavy (non-hydrogen) atoms. The number of hydrogen-bond acceptors (Lipinski definition) is 4. The quantitative estimate of drug-likeness (QED) is 0.487. The van der Waals surface area contributed by atoms with Crippen molar-refractivity contribution in [3.63, 3.8) is 0 Å². The van der Waals surface area contributed by atoms with E-state index in [9.17, 15) is 22.4 Å². The van der Waals surface area contributed by atoms with Gasteiger partial charge in [-0.05, 0) is 50.5 Å². The molecule has 0 saturated heterocycles. The molecule has 0 aliphatic rings. The Labute approximate surface area is 202 Å². The summed E-state index contributed by atoms with van der Waals surface area (Å²) in [6.45, 7) is 6.93. The predicted octanol–water partition coefficient (Wildman–Crippen LogP) is 3.54. The summed E-state index contributed by atoms with van der Waals surface area (Å²) in [6, 6.07) is 10.4. The van der Waals surface area contributed by atoms with E-state index in [1.165, 1.54) is 23.1 Å². The normalized spacial score (nSPS) is 12.2. The maximum absolute atomic E-state index is 14.4. The summed E-state index contributed by atoms with van der Waals surface area (Å²) in [5.41, 5.74) is 2.16. The molecule has 1 unspecified atom stereocenters. The molecule has 0 aliphatic carbocycles. The number of anilines is 1. The minimum Gasteiger partial charge on any atom is -0.354 e. The summed E-state index contributed by atoms with van der Waals surface area (Å²) in [6.07, 6.45) is 2.71. The Morgan fingerprint density at radius 2 is 1.79 bits per heavy atom. The topological polar surface area (TPSA) is 86.8 Å². The maximum atomic E-state index is 14.4. The SMILES string of the molecule is CCCCNC(=O)C(C)N(Cc1ccccc1F)C(=O)CN(c1cc(C)ccc1C)S(C)(=O)=O. The summed E-state index contributed by atoms with van der Waals surface area (Å²) in [5.74, 6) is -1.49. The van der Waals surface area contributed by atoms with E-state index in [0.717, 1.165) is 29.0 Å². The Kier molecular flexibility index (Phi) is 9.61. The number of sulfonamides is 1. The molecule has 2 aromatic carbocycles. The number of amides is 2. The first-order chi connectivity index (χ1) is 16.0. The van der Waals surface area contributed by atoms with Crippen molar-refractivity contribution in [1.82, 2.24) is 10.2 Å². The van der Waals surface area contributed by atoms with Crippen molar-refractivity contribution in [1.29, 1.82) is 0 Å². The minimum absolute atomic E-state index is 0.168. The molecule has 1 N–H and O–H groups in total. The minimum atomic E-state index is -3.82. The number of benzene rings is 2. The van der Waals surface area contributed by atoms with Gasteiger partial charge in [0.1, 0.15) is 18.4 Å². The van der Waals surface area contributed by atoms with Crippen molar-refractivity contribution in [3.05, 3.63) is 65.0 Å². The number of carbonyl (C=O) groups is 2. The van der Waals surface area contributed by atoms with Gasteiger partial charge in [0.2, 0.25) is 21.8 Å². The van der Waals surface area contributed by atoms with Crippen LogP contribution in [0.25, 0.3) is 0 Å². The van der Waals surface area contributed by atoms with Gasteiger partial charge in [0.25, 0.3) is 0 Å². The molecule has 0 bridgehead atoms. The largest absolute Gasteiger partial charge is 0.354 e. The maximum Gasteiger partial charge on any atom is 0.244 e. The van der Waals surface area contributed by atoms with Gasteiger partial charge >= 0.3 is 0 Å². The molecular weight excluding hydrogens is 457 g/mol. The fourth-order valence-corrected chi connectivity index (χ4v) is 4.41. The lowest BCUT2D eigenvalue weighted by Crippen LogP contribution is -2.51. The van der Waals surface area contributed by atoms with Gasteiger partial charge in [0.05, 0.1) is 11.9 Å². The molecule has 2 amide bonds. The first-order valence-corrected chi connectivity index (χ1v) is 13.2. The third-order valence-electron chi connectivity index (χ3n) is 5.61. The van der Waals surface area contributed by atoms with Crippen LogP contribution in [0, 0.1) is 19.7 Å². The number of hydrogen-bond donors (Lipinski definition) is 1. The van der Waals surface area contributed by atoms with Crippen molar-refractivity contribution < 1.29 is 22.4 Å². The van der Waals surface area contributed by atoms with Crippen molar-refractivity contribution >= 4 is 27.5 Å². The van der Waals surface area contributed by atoms with Crippen LogP contribution in [-0.2, 0) is 26.2 Å². The van der Waals surface area contributed by atoms with Crippen molar-refractivity contribution in [2.45, 2.75) is 53.1 Å². The zero-order valence-corrected chi connectivity index (χ0v) is 21.3. The molecule has 0 heterocycles. The summed E-state index contributed by atoms with van der Waals surface area (Å²) in [4.78, 5) is 27.5. The standard InChI is InChI=1S/C25H34FN3O4S/c1-6-7-14-27-25(31)20(4)28(16-21-10-8-9-11-22(21)26)24(30)17-29(34(5,32)33)23-15-18(2)12-13-19(23)3/h8-13,15,20H,6-7,14,16-17H2,1-5H3,(H,27,31). The van der Waals surface area contributed by atoms with Crippen LogP contribution in [0.15, 0.2) is 42.5 Å². The van der Waals surface area contributed by atoms with Crippen LogP contribution in [-0.4, -0.2) is 50.5 Å². The van der Waals surface area contributed by atoms with Crippen LogP contribution in [0.4, 0.5) is 10.1 Å². The zero-order valence-electron chi connectivity index (χ0n) is 20.5. The summed E-state index contributed by atoms with van der Waals surface area (Å²) in [7, 11) is -3.82. The fraction of sp³-hybridized carbons (Fsp3) is 0.440. The van der Waals surface area contributed by atoms with E-state index < -0.39 is 34.3 Å². The van der Waals surface area contributed by atoms with E-state index in [1.807, 2.05) is 19.9 Å². The molecule has 0 aromatic heterocycles.